The van der Waals surface area contributed by atoms with Crippen LogP contribution < -0.4 is 10.6 Å². The summed E-state index contributed by atoms with van der Waals surface area (Å²) in [7, 11) is 0. The monoisotopic (exact) mass is 424 g/mol. The van der Waals surface area contributed by atoms with Crippen molar-refractivity contribution in [1.29, 1.82) is 0 Å². The predicted molar refractivity (Wildman–Crippen MR) is 121 cm³/mol. The predicted octanol–water partition coefficient (Wildman–Crippen LogP) is 3.30. The van der Waals surface area contributed by atoms with Gasteiger partial charge >= 0.3 is 0 Å². The quantitative estimate of drug-likeness (QED) is 0.335. The summed E-state index contributed by atoms with van der Waals surface area (Å²) in [5, 5.41) is 21.4. The summed E-state index contributed by atoms with van der Waals surface area (Å²) >= 11 is 0. The molecule has 4 N–H and O–H groups in total. The van der Waals surface area contributed by atoms with Crippen molar-refractivity contribution in [3.63, 3.8) is 0 Å². The van der Waals surface area contributed by atoms with Crippen LogP contribution in [0.3, 0.4) is 0 Å². The number of aromatic nitrogens is 4. The Labute approximate surface area is 183 Å². The third kappa shape index (κ3) is 3.81. The Morgan fingerprint density at radius 2 is 1.12 bits per heavy atom. The molecule has 0 spiro atoms. The van der Waals surface area contributed by atoms with Crippen LogP contribution in [0.25, 0.3) is 21.8 Å². The lowest BCUT2D eigenvalue weighted by atomic mass is 10.1. The van der Waals surface area contributed by atoms with Gasteiger partial charge in [-0.3, -0.25) is 19.8 Å². The molecule has 0 aliphatic rings. The third-order valence-corrected chi connectivity index (χ3v) is 5.27. The highest BCUT2D eigenvalue weighted by atomic mass is 16.2. The SMILES string of the molecule is O=C(NCc1cccc(CNC(=O)c2n[nH]c3ccccc23)c1)c1n[nH]c2ccccc12. The number of rotatable bonds is 6. The Bertz CT molecular complexity index is 1330. The van der Waals surface area contributed by atoms with Crippen molar-refractivity contribution in [3.8, 4) is 0 Å². The molecular weight excluding hydrogens is 404 g/mol. The Balaban J connectivity index is 1.22. The van der Waals surface area contributed by atoms with Crippen molar-refractivity contribution in [2.24, 2.45) is 0 Å². The molecule has 0 aliphatic carbocycles. The molecular formula is C24H20N6O2. The van der Waals surface area contributed by atoms with E-state index in [1.54, 1.807) is 0 Å². The first-order chi connectivity index (χ1) is 15.7. The molecule has 5 aromatic rings. The highest BCUT2D eigenvalue weighted by Gasteiger charge is 2.15. The van der Waals surface area contributed by atoms with Gasteiger partial charge < -0.3 is 10.6 Å². The number of nitrogens with zero attached hydrogens (tertiary/aromatic N) is 2. The highest BCUT2D eigenvalue weighted by molar-refractivity contribution is 6.05. The molecule has 32 heavy (non-hydrogen) atoms. The van der Waals surface area contributed by atoms with Crippen LogP contribution in [0.1, 0.15) is 32.1 Å². The fourth-order valence-electron chi connectivity index (χ4n) is 3.65. The van der Waals surface area contributed by atoms with Gasteiger partial charge in [0.25, 0.3) is 11.8 Å². The van der Waals surface area contributed by atoms with E-state index >= 15 is 0 Å². The van der Waals surface area contributed by atoms with Gasteiger partial charge in [0.05, 0.1) is 11.0 Å². The smallest absolute Gasteiger partial charge is 0.272 e. The zero-order chi connectivity index (χ0) is 21.9. The summed E-state index contributed by atoms with van der Waals surface area (Å²) in [6, 6.07) is 22.7. The number of amides is 2. The van der Waals surface area contributed by atoms with Crippen molar-refractivity contribution in [2.75, 3.05) is 0 Å². The molecule has 0 aliphatic heterocycles. The number of benzene rings is 3. The topological polar surface area (TPSA) is 116 Å². The maximum Gasteiger partial charge on any atom is 0.272 e. The van der Waals surface area contributed by atoms with Crippen molar-refractivity contribution < 1.29 is 9.59 Å². The molecule has 8 nitrogen and oxygen atoms in total. The Morgan fingerprint density at radius 1 is 0.656 bits per heavy atom. The van der Waals surface area contributed by atoms with E-state index in [1.165, 1.54) is 0 Å². The molecule has 0 radical (unpaired) electrons. The molecule has 2 heterocycles. The number of H-pyrrole nitrogens is 2. The number of carbonyl (C=O) groups is 2. The zero-order valence-corrected chi connectivity index (χ0v) is 17.1. The second kappa shape index (κ2) is 8.35. The fourth-order valence-corrected chi connectivity index (χ4v) is 3.65. The first-order valence-electron chi connectivity index (χ1n) is 10.2. The Kier molecular flexibility index (Phi) is 5.09. The summed E-state index contributed by atoms with van der Waals surface area (Å²) in [5.41, 5.74) is 4.23. The van der Waals surface area contributed by atoms with E-state index in [0.29, 0.717) is 24.5 Å². The van der Waals surface area contributed by atoms with Gasteiger partial charge in [0.15, 0.2) is 11.4 Å². The molecule has 0 saturated carbocycles. The second-order valence-electron chi connectivity index (χ2n) is 7.42. The maximum atomic E-state index is 12.6. The van der Waals surface area contributed by atoms with Crippen LogP contribution in [-0.2, 0) is 13.1 Å². The molecule has 0 atom stereocenters. The lowest BCUT2D eigenvalue weighted by Crippen LogP contribution is -2.24. The summed E-state index contributed by atoms with van der Waals surface area (Å²) in [5.74, 6) is -0.488. The van der Waals surface area contributed by atoms with Gasteiger partial charge in [-0.2, -0.15) is 10.2 Å². The van der Waals surface area contributed by atoms with Gasteiger partial charge in [-0.25, -0.2) is 0 Å². The molecule has 3 aromatic carbocycles. The molecule has 0 fully saturated rings. The normalized spacial score (nSPS) is 11.0. The van der Waals surface area contributed by atoms with E-state index < -0.39 is 0 Å². The Morgan fingerprint density at radius 3 is 1.62 bits per heavy atom. The van der Waals surface area contributed by atoms with Crippen LogP contribution >= 0.6 is 0 Å². The first kappa shape index (κ1) is 19.5. The minimum Gasteiger partial charge on any atom is -0.347 e. The van der Waals surface area contributed by atoms with Gasteiger partial charge in [-0.1, -0.05) is 60.7 Å². The van der Waals surface area contributed by atoms with Gasteiger partial charge in [0, 0.05) is 23.9 Å². The summed E-state index contributed by atoms with van der Waals surface area (Å²) < 4.78 is 0. The molecule has 8 heteroatoms. The average Bonchev–Trinajstić information content (AvgIpc) is 3.46. The number of para-hydroxylation sites is 2. The molecule has 2 amide bonds. The van der Waals surface area contributed by atoms with Gasteiger partial charge in [0.1, 0.15) is 0 Å². The zero-order valence-electron chi connectivity index (χ0n) is 17.1. The van der Waals surface area contributed by atoms with Crippen molar-refractivity contribution >= 4 is 33.6 Å². The molecule has 2 aromatic heterocycles. The molecule has 0 unspecified atom stereocenters. The molecule has 0 bridgehead atoms. The van der Waals surface area contributed by atoms with Crippen LogP contribution in [0, 0.1) is 0 Å². The van der Waals surface area contributed by atoms with E-state index in [0.717, 1.165) is 32.9 Å². The first-order valence-corrected chi connectivity index (χ1v) is 10.2. The molecule has 0 saturated heterocycles. The van der Waals surface area contributed by atoms with Gasteiger partial charge in [-0.05, 0) is 23.3 Å². The minimum absolute atomic E-state index is 0.244. The number of nitrogens with one attached hydrogen (secondary N) is 4. The summed E-state index contributed by atoms with van der Waals surface area (Å²) in [4.78, 5) is 25.1. The van der Waals surface area contributed by atoms with Crippen molar-refractivity contribution in [1.82, 2.24) is 31.0 Å². The van der Waals surface area contributed by atoms with Gasteiger partial charge in [-0.15, -0.1) is 0 Å². The van der Waals surface area contributed by atoms with Crippen LogP contribution in [0.2, 0.25) is 0 Å². The summed E-state index contributed by atoms with van der Waals surface area (Å²) in [6.45, 7) is 0.706. The molecule has 158 valence electrons. The maximum absolute atomic E-state index is 12.6. The number of carbonyl (C=O) groups excluding carboxylic acids is 2. The largest absolute Gasteiger partial charge is 0.347 e. The summed E-state index contributed by atoms with van der Waals surface area (Å²) in [6.07, 6.45) is 0. The number of hydrogen-bond donors (Lipinski definition) is 4. The lowest BCUT2D eigenvalue weighted by Gasteiger charge is -2.08. The Hall–Kier alpha value is -4.46. The molecule has 5 rings (SSSR count). The van der Waals surface area contributed by atoms with E-state index in [9.17, 15) is 9.59 Å². The standard InChI is InChI=1S/C24H20N6O2/c31-23(21-17-8-1-3-10-19(17)27-29-21)25-13-15-6-5-7-16(12-15)14-26-24(32)22-18-9-2-4-11-20(18)28-30-22/h1-12H,13-14H2,(H,25,31)(H,26,32)(H,27,29)(H,28,30). The number of fused-ring (bicyclic) bond motifs is 2. The van der Waals surface area contributed by atoms with Crippen molar-refractivity contribution in [2.45, 2.75) is 13.1 Å². The number of aromatic amines is 2. The van der Waals surface area contributed by atoms with Crippen LogP contribution in [-0.4, -0.2) is 32.2 Å². The van der Waals surface area contributed by atoms with Crippen LogP contribution in [0.15, 0.2) is 72.8 Å². The highest BCUT2D eigenvalue weighted by Crippen LogP contribution is 2.16. The average molecular weight is 424 g/mol. The van der Waals surface area contributed by atoms with E-state index in [1.807, 2.05) is 72.8 Å². The number of hydrogen-bond acceptors (Lipinski definition) is 4. The fraction of sp³-hybridized carbons (Fsp3) is 0.0833. The van der Waals surface area contributed by atoms with E-state index in [-0.39, 0.29) is 11.8 Å². The second-order valence-corrected chi connectivity index (χ2v) is 7.42. The lowest BCUT2D eigenvalue weighted by molar-refractivity contribution is 0.0940. The van der Waals surface area contributed by atoms with Crippen LogP contribution in [0.5, 0.6) is 0 Å². The van der Waals surface area contributed by atoms with E-state index in [2.05, 4.69) is 31.0 Å². The third-order valence-electron chi connectivity index (χ3n) is 5.27. The van der Waals surface area contributed by atoms with Crippen LogP contribution in [0.4, 0.5) is 0 Å². The van der Waals surface area contributed by atoms with Gasteiger partial charge in [0.2, 0.25) is 0 Å². The van der Waals surface area contributed by atoms with Crippen molar-refractivity contribution in [3.05, 3.63) is 95.3 Å². The minimum atomic E-state index is -0.244. The van der Waals surface area contributed by atoms with E-state index in [4.69, 9.17) is 0 Å².